The summed E-state index contributed by atoms with van der Waals surface area (Å²) in [6, 6.07) is 2.06. The van der Waals surface area contributed by atoms with Crippen molar-refractivity contribution in [1.82, 2.24) is 5.32 Å². The summed E-state index contributed by atoms with van der Waals surface area (Å²) in [5.74, 6) is -0.109. The number of nitrogens with zero attached hydrogens (tertiary/aromatic N) is 1. The molecule has 0 bridgehead atoms. The normalized spacial score (nSPS) is 13.9. The Hall–Kier alpha value is -0.630. The zero-order valence-corrected chi connectivity index (χ0v) is 7.54. The van der Waals surface area contributed by atoms with E-state index in [1.165, 1.54) is 0 Å². The Morgan fingerprint density at radius 3 is 2.33 bits per heavy atom. The zero-order chi connectivity index (χ0) is 9.61. The molecular formula is C8H16N2O2. The third kappa shape index (κ3) is 3.67. The van der Waals surface area contributed by atoms with Gasteiger partial charge in [-0.1, -0.05) is 0 Å². The molecule has 0 fully saturated rings. The Kier molecular flexibility index (Phi) is 4.83. The third-order valence-corrected chi connectivity index (χ3v) is 1.75. The monoisotopic (exact) mass is 172 g/mol. The second kappa shape index (κ2) is 5.09. The van der Waals surface area contributed by atoms with Crippen LogP contribution in [0.15, 0.2) is 0 Å². The van der Waals surface area contributed by atoms with Crippen LogP contribution in [0.2, 0.25) is 0 Å². The predicted octanol–water partition coefficient (Wildman–Crippen LogP) is -0.521. The van der Waals surface area contributed by atoms with E-state index >= 15 is 0 Å². The number of hydrogen-bond acceptors (Lipinski definition) is 4. The summed E-state index contributed by atoms with van der Waals surface area (Å²) in [4.78, 5) is 0. The molecule has 12 heavy (non-hydrogen) atoms. The number of nitriles is 1. The molecule has 0 spiro atoms. The lowest BCUT2D eigenvalue weighted by molar-refractivity contribution is 0.103. The van der Waals surface area contributed by atoms with Gasteiger partial charge in [0, 0.05) is 6.54 Å². The fraction of sp³-hybridized carbons (Fsp3) is 0.875. The van der Waals surface area contributed by atoms with Crippen molar-refractivity contribution in [2.45, 2.75) is 19.4 Å². The Morgan fingerprint density at radius 2 is 2.00 bits per heavy atom. The smallest absolute Gasteiger partial charge is 0.0666 e. The number of rotatable bonds is 5. The van der Waals surface area contributed by atoms with Crippen molar-refractivity contribution in [3.63, 3.8) is 0 Å². The molecule has 0 heterocycles. The van der Waals surface area contributed by atoms with E-state index in [9.17, 15) is 0 Å². The number of aliphatic hydroxyl groups is 2. The molecule has 4 heteroatoms. The first-order chi connectivity index (χ1) is 5.58. The maximum atomic E-state index is 8.87. The molecule has 0 aromatic heterocycles. The van der Waals surface area contributed by atoms with Gasteiger partial charge in [0.2, 0.25) is 0 Å². The Labute approximate surface area is 72.8 Å². The summed E-state index contributed by atoms with van der Waals surface area (Å²) in [6.45, 7) is 3.69. The quantitative estimate of drug-likeness (QED) is 0.521. The van der Waals surface area contributed by atoms with Crippen LogP contribution in [0.3, 0.4) is 0 Å². The van der Waals surface area contributed by atoms with E-state index < -0.39 is 5.54 Å². The number of hydrogen-bond donors (Lipinski definition) is 3. The summed E-state index contributed by atoms with van der Waals surface area (Å²) in [5.41, 5.74) is -0.675. The van der Waals surface area contributed by atoms with Crippen molar-refractivity contribution in [3.05, 3.63) is 0 Å². The second-order valence-corrected chi connectivity index (χ2v) is 3.29. The number of nitrogens with one attached hydrogen (secondary N) is 1. The standard InChI is InChI=1S/C8H16N2O2/c1-7(3-9)4-10-8(2,5-11)6-12/h7,10-12H,4-6H2,1-2H3. The SMILES string of the molecule is CC(C#N)CNC(C)(CO)CO. The van der Waals surface area contributed by atoms with Gasteiger partial charge >= 0.3 is 0 Å². The second-order valence-electron chi connectivity index (χ2n) is 3.29. The van der Waals surface area contributed by atoms with E-state index in [1.807, 2.05) is 0 Å². The highest BCUT2D eigenvalue weighted by Gasteiger charge is 2.21. The highest BCUT2D eigenvalue weighted by Crippen LogP contribution is 2.01. The molecule has 4 nitrogen and oxygen atoms in total. The minimum Gasteiger partial charge on any atom is -0.394 e. The first-order valence-electron chi connectivity index (χ1n) is 3.94. The largest absolute Gasteiger partial charge is 0.394 e. The van der Waals surface area contributed by atoms with Crippen LogP contribution in [-0.2, 0) is 0 Å². The average Bonchev–Trinajstić information content (AvgIpc) is 2.13. The molecule has 0 saturated carbocycles. The third-order valence-electron chi connectivity index (χ3n) is 1.75. The topological polar surface area (TPSA) is 76.3 Å². The molecule has 0 aromatic carbocycles. The van der Waals surface area contributed by atoms with E-state index in [0.717, 1.165) is 0 Å². The molecule has 0 aromatic rings. The fourth-order valence-corrected chi connectivity index (χ4v) is 0.607. The molecule has 70 valence electrons. The fourth-order valence-electron chi connectivity index (χ4n) is 0.607. The molecule has 0 rings (SSSR count). The van der Waals surface area contributed by atoms with Gasteiger partial charge < -0.3 is 15.5 Å². The van der Waals surface area contributed by atoms with E-state index in [4.69, 9.17) is 15.5 Å². The van der Waals surface area contributed by atoms with Crippen molar-refractivity contribution < 1.29 is 10.2 Å². The lowest BCUT2D eigenvalue weighted by Crippen LogP contribution is -2.50. The van der Waals surface area contributed by atoms with Gasteiger partial charge in [-0.25, -0.2) is 0 Å². The van der Waals surface area contributed by atoms with Crippen LogP contribution in [0.5, 0.6) is 0 Å². The van der Waals surface area contributed by atoms with Crippen molar-refractivity contribution in [2.24, 2.45) is 5.92 Å². The highest BCUT2D eigenvalue weighted by molar-refractivity contribution is 4.86. The highest BCUT2D eigenvalue weighted by atomic mass is 16.3. The van der Waals surface area contributed by atoms with Crippen molar-refractivity contribution in [2.75, 3.05) is 19.8 Å². The zero-order valence-electron chi connectivity index (χ0n) is 7.54. The van der Waals surface area contributed by atoms with Gasteiger partial charge in [-0.3, -0.25) is 0 Å². The molecule has 1 unspecified atom stereocenters. The molecule has 0 aliphatic heterocycles. The summed E-state index contributed by atoms with van der Waals surface area (Å²) in [7, 11) is 0. The van der Waals surface area contributed by atoms with Crippen LogP contribution in [0.1, 0.15) is 13.8 Å². The summed E-state index contributed by atoms with van der Waals surface area (Å²) < 4.78 is 0. The lowest BCUT2D eigenvalue weighted by atomic mass is 10.0. The van der Waals surface area contributed by atoms with E-state index in [-0.39, 0.29) is 19.1 Å². The van der Waals surface area contributed by atoms with E-state index in [1.54, 1.807) is 13.8 Å². The average molecular weight is 172 g/mol. The first kappa shape index (κ1) is 11.4. The van der Waals surface area contributed by atoms with Gasteiger partial charge in [0.1, 0.15) is 0 Å². The molecule has 1 atom stereocenters. The van der Waals surface area contributed by atoms with Crippen LogP contribution < -0.4 is 5.32 Å². The summed E-state index contributed by atoms with van der Waals surface area (Å²) in [6.07, 6.45) is 0. The van der Waals surface area contributed by atoms with Crippen LogP contribution in [-0.4, -0.2) is 35.5 Å². The number of aliphatic hydroxyl groups excluding tert-OH is 2. The molecule has 3 N–H and O–H groups in total. The lowest BCUT2D eigenvalue weighted by Gasteiger charge is -2.26. The Balaban J connectivity index is 3.82. The Morgan fingerprint density at radius 1 is 1.50 bits per heavy atom. The first-order valence-corrected chi connectivity index (χ1v) is 3.94. The van der Waals surface area contributed by atoms with E-state index in [2.05, 4.69) is 11.4 Å². The van der Waals surface area contributed by atoms with Crippen LogP contribution in [0.4, 0.5) is 0 Å². The van der Waals surface area contributed by atoms with Crippen molar-refractivity contribution in [1.29, 1.82) is 5.26 Å². The van der Waals surface area contributed by atoms with Crippen LogP contribution in [0.25, 0.3) is 0 Å². The minimum absolute atomic E-state index is 0.109. The molecule has 0 saturated heterocycles. The molecule has 0 radical (unpaired) electrons. The molecule has 0 amide bonds. The van der Waals surface area contributed by atoms with Crippen LogP contribution >= 0.6 is 0 Å². The summed E-state index contributed by atoms with van der Waals surface area (Å²) in [5, 5.41) is 29.1. The van der Waals surface area contributed by atoms with Gasteiger partial charge in [-0.15, -0.1) is 0 Å². The molecular weight excluding hydrogens is 156 g/mol. The molecule has 0 aliphatic carbocycles. The predicted molar refractivity (Wildman–Crippen MR) is 45.4 cm³/mol. The summed E-state index contributed by atoms with van der Waals surface area (Å²) >= 11 is 0. The molecule has 0 aliphatic rings. The van der Waals surface area contributed by atoms with Gasteiger partial charge in [0.05, 0.1) is 30.7 Å². The van der Waals surface area contributed by atoms with Gasteiger partial charge in [0.15, 0.2) is 0 Å². The van der Waals surface area contributed by atoms with Crippen molar-refractivity contribution in [3.8, 4) is 6.07 Å². The van der Waals surface area contributed by atoms with Gasteiger partial charge in [-0.2, -0.15) is 5.26 Å². The van der Waals surface area contributed by atoms with Gasteiger partial charge in [-0.05, 0) is 13.8 Å². The maximum Gasteiger partial charge on any atom is 0.0666 e. The van der Waals surface area contributed by atoms with Crippen LogP contribution in [0, 0.1) is 17.2 Å². The van der Waals surface area contributed by atoms with E-state index in [0.29, 0.717) is 6.54 Å². The van der Waals surface area contributed by atoms with Gasteiger partial charge in [0.25, 0.3) is 0 Å². The Bertz CT molecular complexity index is 161. The minimum atomic E-state index is -0.675. The maximum absolute atomic E-state index is 8.87. The van der Waals surface area contributed by atoms with Crippen molar-refractivity contribution >= 4 is 0 Å².